The van der Waals surface area contributed by atoms with Crippen molar-refractivity contribution in [1.82, 2.24) is 15.1 Å². The molecule has 142 valence electrons. The summed E-state index contributed by atoms with van der Waals surface area (Å²) in [7, 11) is 0. The minimum absolute atomic E-state index is 0.254. The molecule has 27 heavy (non-hydrogen) atoms. The van der Waals surface area contributed by atoms with Gasteiger partial charge in [-0.25, -0.2) is 0 Å². The van der Waals surface area contributed by atoms with E-state index in [1.165, 1.54) is 19.1 Å². The first-order chi connectivity index (χ1) is 13.0. The molecule has 1 saturated carbocycles. The maximum absolute atomic E-state index is 12.6. The fourth-order valence-electron chi connectivity index (χ4n) is 3.18. The molecule has 0 aliphatic heterocycles. The first kappa shape index (κ1) is 18.6. The molecule has 1 fully saturated rings. The number of aliphatic carboxylic acids is 1. The molecule has 0 spiro atoms. The van der Waals surface area contributed by atoms with Crippen molar-refractivity contribution in [3.63, 3.8) is 0 Å². The van der Waals surface area contributed by atoms with Gasteiger partial charge < -0.3 is 15.7 Å². The van der Waals surface area contributed by atoms with E-state index in [4.69, 9.17) is 5.11 Å². The van der Waals surface area contributed by atoms with Gasteiger partial charge in [0.05, 0.1) is 6.04 Å². The molecule has 1 aliphatic rings. The highest BCUT2D eigenvalue weighted by Crippen LogP contribution is 2.30. The molecule has 8 heteroatoms. The maximum Gasteiger partial charge on any atom is 0.325 e. The molecular weight excluding hydrogens is 348 g/mol. The summed E-state index contributed by atoms with van der Waals surface area (Å²) in [6.07, 6.45) is 5.98. The number of amides is 2. The van der Waals surface area contributed by atoms with Crippen molar-refractivity contribution >= 4 is 23.5 Å². The summed E-state index contributed by atoms with van der Waals surface area (Å²) in [5, 5.41) is 18.3. The smallest absolute Gasteiger partial charge is 0.325 e. The lowest BCUT2D eigenvalue weighted by Gasteiger charge is -2.14. The zero-order chi connectivity index (χ0) is 19.4. The van der Waals surface area contributed by atoms with Crippen LogP contribution in [0.25, 0.3) is 0 Å². The van der Waals surface area contributed by atoms with Crippen molar-refractivity contribution < 1.29 is 19.5 Å². The molecule has 8 nitrogen and oxygen atoms in total. The lowest BCUT2D eigenvalue weighted by Crippen LogP contribution is -2.38. The van der Waals surface area contributed by atoms with Gasteiger partial charge in [0, 0.05) is 17.4 Å². The van der Waals surface area contributed by atoms with E-state index in [2.05, 4.69) is 15.7 Å². The Bertz CT molecular complexity index is 838. The summed E-state index contributed by atoms with van der Waals surface area (Å²) < 4.78 is 1.79. The van der Waals surface area contributed by atoms with Crippen molar-refractivity contribution in [2.24, 2.45) is 0 Å². The maximum atomic E-state index is 12.6. The molecule has 2 aromatic rings. The molecule has 0 radical (unpaired) electrons. The van der Waals surface area contributed by atoms with Gasteiger partial charge in [0.25, 0.3) is 11.8 Å². The van der Waals surface area contributed by atoms with E-state index in [1.54, 1.807) is 29.1 Å². The number of anilines is 1. The lowest BCUT2D eigenvalue weighted by atomic mass is 10.1. The Morgan fingerprint density at radius 3 is 2.41 bits per heavy atom. The van der Waals surface area contributed by atoms with E-state index in [-0.39, 0.29) is 11.9 Å². The zero-order valence-electron chi connectivity index (χ0n) is 15.0. The van der Waals surface area contributed by atoms with Crippen molar-refractivity contribution in [3.8, 4) is 0 Å². The van der Waals surface area contributed by atoms with Gasteiger partial charge in [-0.15, -0.1) is 0 Å². The van der Waals surface area contributed by atoms with Crippen LogP contribution in [0, 0.1) is 0 Å². The van der Waals surface area contributed by atoms with E-state index >= 15 is 0 Å². The molecule has 2 amide bonds. The summed E-state index contributed by atoms with van der Waals surface area (Å²) in [6, 6.07) is 7.27. The molecule has 3 N–H and O–H groups in total. The van der Waals surface area contributed by atoms with Crippen molar-refractivity contribution in [2.45, 2.75) is 44.7 Å². The standard InChI is InChI=1S/C19H22N4O4/c1-12(19(26)27)21-17(24)13-6-8-14(9-7-13)22-18(25)16-10-11-20-23(16)15-4-2-3-5-15/h6-12,15H,2-5H2,1H3,(H,21,24)(H,22,25)(H,26,27). The van der Waals surface area contributed by atoms with E-state index in [0.29, 0.717) is 16.9 Å². The van der Waals surface area contributed by atoms with Crippen LogP contribution in [0.1, 0.15) is 59.5 Å². The molecule has 1 atom stereocenters. The van der Waals surface area contributed by atoms with Gasteiger partial charge in [0.1, 0.15) is 11.7 Å². The second kappa shape index (κ2) is 8.03. The number of hydrogen-bond donors (Lipinski definition) is 3. The monoisotopic (exact) mass is 370 g/mol. The minimum atomic E-state index is -1.11. The van der Waals surface area contributed by atoms with Crippen LogP contribution in [-0.2, 0) is 4.79 Å². The summed E-state index contributed by atoms with van der Waals surface area (Å²) >= 11 is 0. The van der Waals surface area contributed by atoms with Crippen LogP contribution in [0.5, 0.6) is 0 Å². The van der Waals surface area contributed by atoms with Crippen LogP contribution in [0.3, 0.4) is 0 Å². The molecular formula is C19H22N4O4. The molecule has 1 unspecified atom stereocenters. The number of carbonyl (C=O) groups is 3. The van der Waals surface area contributed by atoms with Crippen LogP contribution in [0.2, 0.25) is 0 Å². The van der Waals surface area contributed by atoms with Gasteiger partial charge in [0.2, 0.25) is 0 Å². The van der Waals surface area contributed by atoms with E-state index in [9.17, 15) is 14.4 Å². The SMILES string of the molecule is CC(NC(=O)c1ccc(NC(=O)c2ccnn2C2CCCC2)cc1)C(=O)O. The average Bonchev–Trinajstić information content (AvgIpc) is 3.33. The Labute approximate surface area is 156 Å². The Balaban J connectivity index is 1.65. The fourth-order valence-corrected chi connectivity index (χ4v) is 3.18. The Kier molecular flexibility index (Phi) is 5.54. The van der Waals surface area contributed by atoms with Gasteiger partial charge in [-0.2, -0.15) is 5.10 Å². The fraction of sp³-hybridized carbons (Fsp3) is 0.368. The highest BCUT2D eigenvalue weighted by molar-refractivity contribution is 6.03. The van der Waals surface area contributed by atoms with Gasteiger partial charge in [-0.3, -0.25) is 19.1 Å². The molecule has 0 bridgehead atoms. The van der Waals surface area contributed by atoms with Crippen LogP contribution in [0.4, 0.5) is 5.69 Å². The number of nitrogens with one attached hydrogen (secondary N) is 2. The van der Waals surface area contributed by atoms with Crippen LogP contribution >= 0.6 is 0 Å². The van der Waals surface area contributed by atoms with Crippen LogP contribution in [-0.4, -0.2) is 38.7 Å². The average molecular weight is 370 g/mol. The normalized spacial score (nSPS) is 15.3. The zero-order valence-corrected chi connectivity index (χ0v) is 15.0. The van der Waals surface area contributed by atoms with E-state index < -0.39 is 17.9 Å². The number of hydrogen-bond acceptors (Lipinski definition) is 4. The number of carbonyl (C=O) groups excluding carboxylic acids is 2. The van der Waals surface area contributed by atoms with Gasteiger partial charge in [-0.1, -0.05) is 12.8 Å². The molecule has 1 aromatic carbocycles. The largest absolute Gasteiger partial charge is 0.480 e. The number of aromatic nitrogens is 2. The van der Waals surface area contributed by atoms with Crippen molar-refractivity contribution in [1.29, 1.82) is 0 Å². The van der Waals surface area contributed by atoms with Crippen LogP contribution < -0.4 is 10.6 Å². The highest BCUT2D eigenvalue weighted by Gasteiger charge is 2.22. The molecule has 1 aromatic heterocycles. The van der Waals surface area contributed by atoms with Crippen molar-refractivity contribution in [2.75, 3.05) is 5.32 Å². The summed E-state index contributed by atoms with van der Waals surface area (Å²) in [5.74, 6) is -1.84. The number of benzene rings is 1. The molecule has 0 saturated heterocycles. The second-order valence-electron chi connectivity index (χ2n) is 6.66. The third kappa shape index (κ3) is 4.33. The lowest BCUT2D eigenvalue weighted by molar-refractivity contribution is -0.138. The van der Waals surface area contributed by atoms with Crippen molar-refractivity contribution in [3.05, 3.63) is 47.8 Å². The van der Waals surface area contributed by atoms with E-state index in [1.807, 2.05) is 0 Å². The molecule has 1 aliphatic carbocycles. The number of carboxylic acid groups (broad SMARTS) is 1. The first-order valence-electron chi connectivity index (χ1n) is 8.94. The summed E-state index contributed by atoms with van der Waals surface area (Å²) in [5.41, 5.74) is 1.37. The predicted octanol–water partition coefficient (Wildman–Crippen LogP) is 2.45. The quantitative estimate of drug-likeness (QED) is 0.723. The summed E-state index contributed by atoms with van der Waals surface area (Å²) in [4.78, 5) is 35.4. The first-order valence-corrected chi connectivity index (χ1v) is 8.94. The van der Waals surface area contributed by atoms with Gasteiger partial charge in [0.15, 0.2) is 0 Å². The molecule has 1 heterocycles. The topological polar surface area (TPSA) is 113 Å². The number of nitrogens with zero attached hydrogens (tertiary/aromatic N) is 2. The Hall–Kier alpha value is -3.16. The van der Waals surface area contributed by atoms with Crippen LogP contribution in [0.15, 0.2) is 36.5 Å². The second-order valence-corrected chi connectivity index (χ2v) is 6.66. The third-order valence-corrected chi connectivity index (χ3v) is 4.70. The Morgan fingerprint density at radius 1 is 1.11 bits per heavy atom. The number of rotatable bonds is 6. The van der Waals surface area contributed by atoms with Gasteiger partial charge in [-0.05, 0) is 50.1 Å². The predicted molar refractivity (Wildman–Crippen MR) is 98.7 cm³/mol. The summed E-state index contributed by atoms with van der Waals surface area (Å²) in [6.45, 7) is 1.39. The van der Waals surface area contributed by atoms with Gasteiger partial charge >= 0.3 is 5.97 Å². The van der Waals surface area contributed by atoms with E-state index in [0.717, 1.165) is 25.7 Å². The third-order valence-electron chi connectivity index (χ3n) is 4.70. The molecule has 3 rings (SSSR count). The Morgan fingerprint density at radius 2 is 1.78 bits per heavy atom. The highest BCUT2D eigenvalue weighted by atomic mass is 16.4. The minimum Gasteiger partial charge on any atom is -0.480 e. The number of carboxylic acids is 1.